The van der Waals surface area contributed by atoms with Crippen LogP contribution in [0.2, 0.25) is 0 Å². The van der Waals surface area contributed by atoms with Gasteiger partial charge in [0.05, 0.1) is 12.8 Å². The summed E-state index contributed by atoms with van der Waals surface area (Å²) in [6.07, 6.45) is 13.4. The Balaban J connectivity index is 1.14. The lowest BCUT2D eigenvalue weighted by Gasteiger charge is -2.60. The lowest BCUT2D eigenvalue weighted by molar-refractivity contribution is -0.124. The predicted molar refractivity (Wildman–Crippen MR) is 149 cm³/mol. The van der Waals surface area contributed by atoms with Gasteiger partial charge in [0.15, 0.2) is 0 Å². The lowest BCUT2D eigenvalue weighted by atomic mass is 9.45. The monoisotopic (exact) mass is 536 g/mol. The van der Waals surface area contributed by atoms with Gasteiger partial charge in [-0.15, -0.1) is 0 Å². The minimum atomic E-state index is -0.279. The Bertz CT molecular complexity index is 1190. The number of hydrogen-bond acceptors (Lipinski definition) is 5. The summed E-state index contributed by atoms with van der Waals surface area (Å²) in [7, 11) is 0. The van der Waals surface area contributed by atoms with Crippen molar-refractivity contribution in [1.82, 2.24) is 20.7 Å². The van der Waals surface area contributed by atoms with E-state index >= 15 is 0 Å². The average molecular weight is 537 g/mol. The van der Waals surface area contributed by atoms with Crippen LogP contribution in [-0.2, 0) is 4.79 Å². The largest absolute Gasteiger partial charge is 0.431 e. The number of nitrogens with one attached hydrogen (secondary N) is 2. The molecule has 3 amide bonds. The molecule has 1 aliphatic heterocycles. The standard InChI is InChI=1S/C31H44N4O4/c1-4-35(29(38)33-34-16-15-32-27(36)18-34)22-11-13-30(2)21(17-22)6-7-23-25-9-8-24(20-5-10-28(37)39-19-20)31(25,3)14-12-26(23)30/h5,9-10,19,21-24,26H,4,6-8,11-18H2,1-3H3,(H,32,36)(H,33,38)/t21-,22+,23+,24-,26+,30+,31-/m1/s1. The van der Waals surface area contributed by atoms with Crippen LogP contribution in [0.25, 0.3) is 0 Å². The van der Waals surface area contributed by atoms with Crippen LogP contribution in [0.3, 0.4) is 0 Å². The molecule has 2 N–H and O–H groups in total. The molecule has 0 unspecified atom stereocenters. The molecular formula is C31H44N4O4. The fraction of sp³-hybridized carbons (Fsp3) is 0.710. The highest BCUT2D eigenvalue weighted by Gasteiger charge is 2.58. The fourth-order valence-corrected chi connectivity index (χ4v) is 9.42. The summed E-state index contributed by atoms with van der Waals surface area (Å²) < 4.78 is 5.26. The van der Waals surface area contributed by atoms with Crippen molar-refractivity contribution in [2.75, 3.05) is 26.2 Å². The topological polar surface area (TPSA) is 94.9 Å². The molecule has 39 heavy (non-hydrogen) atoms. The number of urea groups is 1. The van der Waals surface area contributed by atoms with Gasteiger partial charge in [-0.2, -0.15) is 0 Å². The van der Waals surface area contributed by atoms with E-state index in [4.69, 9.17) is 4.42 Å². The lowest BCUT2D eigenvalue weighted by Crippen LogP contribution is -2.60. The van der Waals surface area contributed by atoms with E-state index in [2.05, 4.69) is 37.6 Å². The first-order valence-electron chi connectivity index (χ1n) is 15.1. The van der Waals surface area contributed by atoms with Crippen molar-refractivity contribution in [2.45, 2.75) is 84.1 Å². The molecule has 4 aliphatic carbocycles. The Morgan fingerprint density at radius 2 is 2.03 bits per heavy atom. The van der Waals surface area contributed by atoms with Gasteiger partial charge >= 0.3 is 11.7 Å². The van der Waals surface area contributed by atoms with Gasteiger partial charge in [-0.05, 0) is 104 Å². The van der Waals surface area contributed by atoms with Gasteiger partial charge in [-0.1, -0.05) is 25.5 Å². The quantitative estimate of drug-likeness (QED) is 0.555. The smallest absolute Gasteiger partial charge is 0.335 e. The molecule has 1 aromatic heterocycles. The molecule has 5 aliphatic rings. The number of hydrogen-bond donors (Lipinski definition) is 2. The van der Waals surface area contributed by atoms with Crippen LogP contribution in [-0.4, -0.2) is 54.1 Å². The molecule has 1 saturated heterocycles. The van der Waals surface area contributed by atoms with E-state index in [-0.39, 0.29) is 35.6 Å². The van der Waals surface area contributed by atoms with Crippen LogP contribution in [0.1, 0.15) is 83.6 Å². The first-order chi connectivity index (χ1) is 18.7. The molecule has 212 valence electrons. The third-order valence-corrected chi connectivity index (χ3v) is 11.5. The number of nitrogens with zero attached hydrogens (tertiary/aromatic N) is 2. The van der Waals surface area contributed by atoms with Crippen LogP contribution in [0.5, 0.6) is 0 Å². The van der Waals surface area contributed by atoms with E-state index in [0.717, 1.165) is 31.2 Å². The molecular weight excluding hydrogens is 492 g/mol. The highest BCUT2D eigenvalue weighted by atomic mass is 16.4. The minimum absolute atomic E-state index is 0.0440. The number of allylic oxidation sites excluding steroid dienone is 2. The zero-order valence-corrected chi connectivity index (χ0v) is 23.7. The molecule has 0 radical (unpaired) electrons. The molecule has 4 fully saturated rings. The Kier molecular flexibility index (Phi) is 6.89. The summed E-state index contributed by atoms with van der Waals surface area (Å²) in [4.78, 5) is 38.6. The molecule has 8 heteroatoms. The van der Waals surface area contributed by atoms with Crippen LogP contribution in [0.4, 0.5) is 4.79 Å². The average Bonchev–Trinajstić information content (AvgIpc) is 3.27. The Morgan fingerprint density at radius 1 is 1.18 bits per heavy atom. The Hall–Kier alpha value is -2.61. The van der Waals surface area contributed by atoms with Crippen molar-refractivity contribution in [3.8, 4) is 0 Å². The van der Waals surface area contributed by atoms with Crippen LogP contribution in [0, 0.1) is 28.6 Å². The van der Waals surface area contributed by atoms with Gasteiger partial charge < -0.3 is 14.6 Å². The molecule has 0 aromatic carbocycles. The number of rotatable bonds is 4. The van der Waals surface area contributed by atoms with Gasteiger partial charge in [0.25, 0.3) is 0 Å². The van der Waals surface area contributed by atoms with Gasteiger partial charge in [-0.3, -0.25) is 10.2 Å². The van der Waals surface area contributed by atoms with Crippen LogP contribution >= 0.6 is 0 Å². The highest BCUT2D eigenvalue weighted by molar-refractivity contribution is 5.80. The second-order valence-electron chi connectivity index (χ2n) is 13.2. The number of hydrazine groups is 1. The van der Waals surface area contributed by atoms with Crippen LogP contribution in [0.15, 0.2) is 39.3 Å². The normalized spacial score (nSPS) is 38.1. The molecule has 3 saturated carbocycles. The maximum Gasteiger partial charge on any atom is 0.335 e. The molecule has 1 aromatic rings. The molecule has 2 heterocycles. The number of fused-ring (bicyclic) bond motifs is 5. The van der Waals surface area contributed by atoms with Crippen molar-refractivity contribution in [2.24, 2.45) is 28.6 Å². The number of piperazine rings is 1. The van der Waals surface area contributed by atoms with Crippen LogP contribution < -0.4 is 16.4 Å². The van der Waals surface area contributed by atoms with Gasteiger partial charge in [0.1, 0.15) is 0 Å². The van der Waals surface area contributed by atoms with E-state index < -0.39 is 0 Å². The molecule has 7 atom stereocenters. The second kappa shape index (κ2) is 10.1. The number of carbonyl (C=O) groups is 2. The van der Waals surface area contributed by atoms with Gasteiger partial charge in [0.2, 0.25) is 5.91 Å². The van der Waals surface area contributed by atoms with E-state index in [9.17, 15) is 14.4 Å². The molecule has 8 nitrogen and oxygen atoms in total. The van der Waals surface area contributed by atoms with Crippen molar-refractivity contribution in [3.63, 3.8) is 0 Å². The molecule has 0 spiro atoms. The van der Waals surface area contributed by atoms with Crippen molar-refractivity contribution in [1.29, 1.82) is 0 Å². The summed E-state index contributed by atoms with van der Waals surface area (Å²) in [6, 6.07) is 3.72. The summed E-state index contributed by atoms with van der Waals surface area (Å²) in [5.41, 5.74) is 5.99. The third kappa shape index (κ3) is 4.52. The van der Waals surface area contributed by atoms with Crippen molar-refractivity contribution >= 4 is 11.9 Å². The maximum absolute atomic E-state index is 13.3. The molecule has 6 rings (SSSR count). The molecule has 0 bridgehead atoms. The maximum atomic E-state index is 13.3. The summed E-state index contributed by atoms with van der Waals surface area (Å²) in [5.74, 6) is 2.31. The van der Waals surface area contributed by atoms with E-state index in [1.165, 1.54) is 25.7 Å². The third-order valence-electron chi connectivity index (χ3n) is 11.5. The Labute approximate surface area is 231 Å². The first-order valence-corrected chi connectivity index (χ1v) is 15.1. The summed E-state index contributed by atoms with van der Waals surface area (Å²) in [6.45, 7) is 9.16. The minimum Gasteiger partial charge on any atom is -0.431 e. The second-order valence-corrected chi connectivity index (χ2v) is 13.2. The zero-order chi connectivity index (χ0) is 27.4. The van der Waals surface area contributed by atoms with Crippen molar-refractivity contribution < 1.29 is 14.0 Å². The van der Waals surface area contributed by atoms with Gasteiger partial charge in [0, 0.05) is 31.7 Å². The highest BCUT2D eigenvalue weighted by Crippen LogP contribution is 2.67. The first kappa shape index (κ1) is 26.6. The fourth-order valence-electron chi connectivity index (χ4n) is 9.42. The van der Waals surface area contributed by atoms with Gasteiger partial charge in [-0.25, -0.2) is 14.6 Å². The predicted octanol–water partition coefficient (Wildman–Crippen LogP) is 4.43. The number of amides is 3. The summed E-state index contributed by atoms with van der Waals surface area (Å²) in [5, 5.41) is 4.56. The Morgan fingerprint density at radius 3 is 2.77 bits per heavy atom. The SMILES string of the molecule is CCN(C(=O)NN1CCNC(=O)C1)[C@H]1CC[C@@]2(C)[C@H](CC[C@H]3C4=CC[C@H](c5ccc(=O)oc5)[C@@]4(C)CC[C@@H]32)C1. The van der Waals surface area contributed by atoms with E-state index in [1.54, 1.807) is 22.9 Å². The van der Waals surface area contributed by atoms with E-state index in [0.29, 0.717) is 48.7 Å². The van der Waals surface area contributed by atoms with E-state index in [1.807, 2.05) is 11.0 Å². The number of carbonyl (C=O) groups excluding carboxylic acids is 2. The zero-order valence-electron chi connectivity index (χ0n) is 23.7. The summed E-state index contributed by atoms with van der Waals surface area (Å²) >= 11 is 0. The van der Waals surface area contributed by atoms with Crippen molar-refractivity contribution in [3.05, 3.63) is 46.0 Å².